The molecule has 0 fully saturated rings. The lowest BCUT2D eigenvalue weighted by Gasteiger charge is -2.17. The zero-order valence-corrected chi connectivity index (χ0v) is 20.5. The molecule has 2 N–H and O–H groups in total. The maximum atomic E-state index is 13.1. The van der Waals surface area contributed by atoms with E-state index in [1.54, 1.807) is 29.7 Å². The number of allylic oxidation sites excluding steroid dienone is 1. The minimum atomic E-state index is -0.954. The lowest BCUT2D eigenvalue weighted by molar-refractivity contribution is -0.144. The summed E-state index contributed by atoms with van der Waals surface area (Å²) in [6.45, 7) is 7.70. The molecule has 0 spiro atoms. The third kappa shape index (κ3) is 5.27. The molecule has 7 nitrogen and oxygen atoms in total. The van der Waals surface area contributed by atoms with Crippen molar-refractivity contribution in [3.8, 4) is 0 Å². The molecule has 0 saturated carbocycles. The van der Waals surface area contributed by atoms with Gasteiger partial charge in [-0.15, -0.1) is 17.9 Å². The quantitative estimate of drug-likeness (QED) is 0.193. The Kier molecular flexibility index (Phi) is 7.31. The van der Waals surface area contributed by atoms with Gasteiger partial charge in [-0.3, -0.25) is 9.59 Å². The molecule has 8 heteroatoms. The van der Waals surface area contributed by atoms with Crippen molar-refractivity contribution in [2.24, 2.45) is 0 Å². The number of Topliss-reactive ketones (excluding diaryl/α,β-unsaturated/α-hetero) is 1. The van der Waals surface area contributed by atoms with Crippen LogP contribution < -0.4 is 5.32 Å². The molecule has 3 aromatic heterocycles. The Balaban J connectivity index is 1.50. The van der Waals surface area contributed by atoms with E-state index in [2.05, 4.69) is 16.9 Å². The number of nitrogens with zero attached hydrogens (tertiary/aromatic N) is 1. The normalized spacial score (nSPS) is 11.8. The number of aromatic amines is 1. The van der Waals surface area contributed by atoms with E-state index in [0.717, 1.165) is 27.9 Å². The van der Waals surface area contributed by atoms with Crippen molar-refractivity contribution in [1.29, 1.82) is 0 Å². The molecule has 0 saturated heterocycles. The number of fused-ring (bicyclic) bond motifs is 1. The number of rotatable bonds is 10. The number of carbonyl (C=O) groups is 3. The van der Waals surface area contributed by atoms with Crippen LogP contribution in [0.4, 0.5) is 0 Å². The monoisotopic (exact) mass is 489 g/mol. The van der Waals surface area contributed by atoms with Crippen molar-refractivity contribution in [3.05, 3.63) is 94.1 Å². The third-order valence-electron chi connectivity index (χ3n) is 5.97. The molecule has 0 unspecified atom stereocenters. The number of hydrogen-bond donors (Lipinski definition) is 2. The highest BCUT2D eigenvalue weighted by atomic mass is 32.1. The fraction of sp³-hybridized carbons (Fsp3) is 0.222. The van der Waals surface area contributed by atoms with Gasteiger partial charge in [0.25, 0.3) is 5.91 Å². The van der Waals surface area contributed by atoms with Crippen molar-refractivity contribution in [3.63, 3.8) is 0 Å². The van der Waals surface area contributed by atoms with Crippen LogP contribution in [0.5, 0.6) is 0 Å². The molecule has 0 aliphatic heterocycles. The molecule has 0 aliphatic rings. The average Bonchev–Trinajstić information content (AvgIpc) is 3.59. The number of carbonyl (C=O) groups excluding carboxylic acids is 3. The van der Waals surface area contributed by atoms with E-state index < -0.39 is 18.6 Å². The van der Waals surface area contributed by atoms with Crippen LogP contribution in [0.25, 0.3) is 10.9 Å². The number of ether oxygens (including phenoxy) is 1. The smallest absolute Gasteiger partial charge is 0.329 e. The summed E-state index contributed by atoms with van der Waals surface area (Å²) in [5, 5.41) is 5.54. The van der Waals surface area contributed by atoms with Gasteiger partial charge in [-0.25, -0.2) is 4.79 Å². The van der Waals surface area contributed by atoms with E-state index >= 15 is 0 Å². The number of nitrogens with one attached hydrogen (secondary N) is 2. The Hall–Kier alpha value is -3.91. The van der Waals surface area contributed by atoms with E-state index in [1.807, 2.05) is 48.9 Å². The molecule has 1 amide bonds. The van der Waals surface area contributed by atoms with Crippen molar-refractivity contribution >= 4 is 39.9 Å². The summed E-state index contributed by atoms with van der Waals surface area (Å²) in [6, 6.07) is 12.0. The fourth-order valence-corrected chi connectivity index (χ4v) is 4.79. The number of amides is 1. The fourth-order valence-electron chi connectivity index (χ4n) is 4.16. The highest BCUT2D eigenvalue weighted by Gasteiger charge is 2.26. The first-order chi connectivity index (χ1) is 16.9. The molecule has 4 aromatic rings. The van der Waals surface area contributed by atoms with E-state index in [9.17, 15) is 14.4 Å². The van der Waals surface area contributed by atoms with Crippen molar-refractivity contribution in [2.45, 2.75) is 32.9 Å². The number of ketones is 1. The summed E-state index contributed by atoms with van der Waals surface area (Å²) in [6.07, 6.45) is 3.81. The molecule has 35 heavy (non-hydrogen) atoms. The molecule has 3 heterocycles. The first-order valence-corrected chi connectivity index (χ1v) is 12.1. The standard InChI is InChI=1S/C27H27N3O4S/c1-4-11-30-17(2)13-21(18(30)3)24(31)16-34-27(33)23(29-26(32)25-10-7-12-35-25)14-19-15-28-22-9-6-5-8-20(19)22/h4-10,12-13,15,23,28H,1,11,14,16H2,2-3H3,(H,29,32)/t23-/m1/s1. The zero-order valence-electron chi connectivity index (χ0n) is 19.7. The van der Waals surface area contributed by atoms with Crippen molar-refractivity contribution in [1.82, 2.24) is 14.9 Å². The Labute approximate surface area is 207 Å². The molecular formula is C27H27N3O4S. The van der Waals surface area contributed by atoms with Crippen LogP contribution in [-0.2, 0) is 22.5 Å². The molecule has 0 radical (unpaired) electrons. The minimum Gasteiger partial charge on any atom is -0.456 e. The molecule has 4 rings (SSSR count). The molecule has 1 atom stereocenters. The highest BCUT2D eigenvalue weighted by molar-refractivity contribution is 7.12. The maximum absolute atomic E-state index is 13.1. The Bertz CT molecular complexity index is 1380. The Morgan fingerprint density at radius 2 is 2.00 bits per heavy atom. The van der Waals surface area contributed by atoms with Gasteiger partial charge in [-0.2, -0.15) is 0 Å². The van der Waals surface area contributed by atoms with Gasteiger partial charge in [0.05, 0.1) is 4.88 Å². The summed E-state index contributed by atoms with van der Waals surface area (Å²) in [7, 11) is 0. The van der Waals surface area contributed by atoms with Gasteiger partial charge in [0.2, 0.25) is 5.78 Å². The van der Waals surface area contributed by atoms with Gasteiger partial charge >= 0.3 is 5.97 Å². The first-order valence-electron chi connectivity index (χ1n) is 11.3. The van der Waals surface area contributed by atoms with Crippen LogP contribution in [0.15, 0.2) is 66.7 Å². The number of esters is 1. The topological polar surface area (TPSA) is 93.2 Å². The van der Waals surface area contributed by atoms with Crippen LogP contribution in [0.1, 0.15) is 37.0 Å². The van der Waals surface area contributed by atoms with Gasteiger partial charge in [0.15, 0.2) is 6.61 Å². The lowest BCUT2D eigenvalue weighted by Crippen LogP contribution is -2.43. The van der Waals surface area contributed by atoms with E-state index in [0.29, 0.717) is 17.0 Å². The molecule has 0 aliphatic carbocycles. The number of benzene rings is 1. The number of hydrogen-bond acceptors (Lipinski definition) is 5. The summed E-state index contributed by atoms with van der Waals surface area (Å²) in [4.78, 5) is 42.3. The summed E-state index contributed by atoms with van der Waals surface area (Å²) < 4.78 is 7.40. The predicted octanol–water partition coefficient (Wildman–Crippen LogP) is 4.60. The van der Waals surface area contributed by atoms with E-state index in [1.165, 1.54) is 11.3 Å². The van der Waals surface area contributed by atoms with Crippen LogP contribution in [0, 0.1) is 13.8 Å². The number of aryl methyl sites for hydroxylation is 1. The summed E-state index contributed by atoms with van der Waals surface area (Å²) in [5.74, 6) is -1.31. The van der Waals surface area contributed by atoms with Crippen LogP contribution in [0.3, 0.4) is 0 Å². The summed E-state index contributed by atoms with van der Waals surface area (Å²) in [5.41, 5.74) is 4.04. The van der Waals surface area contributed by atoms with Crippen LogP contribution >= 0.6 is 11.3 Å². The Morgan fingerprint density at radius 1 is 1.20 bits per heavy atom. The van der Waals surface area contributed by atoms with E-state index in [4.69, 9.17) is 4.74 Å². The second-order valence-electron chi connectivity index (χ2n) is 8.28. The minimum absolute atomic E-state index is 0.224. The second-order valence-corrected chi connectivity index (χ2v) is 9.23. The molecule has 180 valence electrons. The first kappa shape index (κ1) is 24.2. The molecule has 1 aromatic carbocycles. The van der Waals surface area contributed by atoms with Gasteiger partial charge in [0.1, 0.15) is 6.04 Å². The third-order valence-corrected chi connectivity index (χ3v) is 6.83. The zero-order chi connectivity index (χ0) is 24.9. The highest BCUT2D eigenvalue weighted by Crippen LogP contribution is 2.20. The van der Waals surface area contributed by atoms with Crippen molar-refractivity contribution in [2.75, 3.05) is 6.61 Å². The van der Waals surface area contributed by atoms with Crippen molar-refractivity contribution < 1.29 is 19.1 Å². The van der Waals surface area contributed by atoms with Gasteiger partial charge < -0.3 is 19.6 Å². The number of H-pyrrole nitrogens is 1. The second kappa shape index (κ2) is 10.6. The average molecular weight is 490 g/mol. The predicted molar refractivity (Wildman–Crippen MR) is 137 cm³/mol. The van der Waals surface area contributed by atoms with Crippen LogP contribution in [-0.4, -0.2) is 39.9 Å². The maximum Gasteiger partial charge on any atom is 0.329 e. The Morgan fingerprint density at radius 3 is 2.74 bits per heavy atom. The molecule has 0 bridgehead atoms. The summed E-state index contributed by atoms with van der Waals surface area (Å²) >= 11 is 1.29. The number of thiophene rings is 1. The number of para-hydroxylation sites is 1. The van der Waals surface area contributed by atoms with Gasteiger partial charge in [0, 0.05) is 47.0 Å². The van der Waals surface area contributed by atoms with Gasteiger partial charge in [-0.05, 0) is 43.0 Å². The lowest BCUT2D eigenvalue weighted by atomic mass is 10.0. The van der Waals surface area contributed by atoms with E-state index in [-0.39, 0.29) is 18.1 Å². The SMILES string of the molecule is C=CCn1c(C)cc(C(=O)COC(=O)[C@@H](Cc2c[nH]c3ccccc23)NC(=O)c2cccs2)c1C. The molecular weight excluding hydrogens is 462 g/mol. The largest absolute Gasteiger partial charge is 0.456 e. The van der Waals surface area contributed by atoms with Crippen LogP contribution in [0.2, 0.25) is 0 Å². The van der Waals surface area contributed by atoms with Gasteiger partial charge in [-0.1, -0.05) is 30.3 Å². The number of aromatic nitrogens is 2.